The van der Waals surface area contributed by atoms with E-state index in [0.717, 1.165) is 45.4 Å². The van der Waals surface area contributed by atoms with E-state index < -0.39 is 0 Å². The fourth-order valence-electron chi connectivity index (χ4n) is 3.76. The van der Waals surface area contributed by atoms with Crippen molar-refractivity contribution >= 4 is 6.03 Å². The first-order chi connectivity index (χ1) is 11.3. The summed E-state index contributed by atoms with van der Waals surface area (Å²) in [5.74, 6) is 0.597. The van der Waals surface area contributed by atoms with E-state index in [9.17, 15) is 4.79 Å². The lowest BCUT2D eigenvalue weighted by molar-refractivity contribution is 0.234. The third kappa shape index (κ3) is 5.24. The molecule has 126 valence electrons. The van der Waals surface area contributed by atoms with Crippen LogP contribution in [-0.2, 0) is 6.42 Å². The molecule has 4 heteroatoms. The van der Waals surface area contributed by atoms with Gasteiger partial charge in [-0.15, -0.1) is 0 Å². The number of likely N-dealkylation sites (tertiary alicyclic amines) is 1. The molecule has 1 aliphatic heterocycles. The topological polar surface area (TPSA) is 44.4 Å². The van der Waals surface area contributed by atoms with Crippen LogP contribution < -0.4 is 10.6 Å². The second-order valence-electron chi connectivity index (χ2n) is 7.03. The maximum absolute atomic E-state index is 11.9. The molecule has 2 aliphatic rings. The Hall–Kier alpha value is -1.55. The summed E-state index contributed by atoms with van der Waals surface area (Å²) < 4.78 is 0. The molecule has 1 aromatic rings. The summed E-state index contributed by atoms with van der Waals surface area (Å²) >= 11 is 0. The zero-order valence-corrected chi connectivity index (χ0v) is 14.0. The summed E-state index contributed by atoms with van der Waals surface area (Å²) in [7, 11) is 0. The molecule has 1 atom stereocenters. The van der Waals surface area contributed by atoms with Gasteiger partial charge in [-0.1, -0.05) is 43.2 Å². The Morgan fingerprint density at radius 3 is 2.70 bits per heavy atom. The molecule has 1 saturated heterocycles. The van der Waals surface area contributed by atoms with E-state index in [4.69, 9.17) is 0 Å². The van der Waals surface area contributed by atoms with Crippen LogP contribution in [0.25, 0.3) is 0 Å². The number of nitrogens with one attached hydrogen (secondary N) is 2. The number of amides is 2. The summed E-state index contributed by atoms with van der Waals surface area (Å²) in [6.07, 6.45) is 7.10. The van der Waals surface area contributed by atoms with Crippen LogP contribution >= 0.6 is 0 Å². The van der Waals surface area contributed by atoms with Gasteiger partial charge in [-0.3, -0.25) is 0 Å². The molecule has 2 N–H and O–H groups in total. The van der Waals surface area contributed by atoms with E-state index >= 15 is 0 Å². The Bertz CT molecular complexity index is 485. The lowest BCUT2D eigenvalue weighted by Crippen LogP contribution is -2.43. The molecule has 1 aliphatic carbocycles. The number of hydrogen-bond donors (Lipinski definition) is 2. The smallest absolute Gasteiger partial charge is 0.315 e. The van der Waals surface area contributed by atoms with Gasteiger partial charge in [-0.05, 0) is 43.7 Å². The van der Waals surface area contributed by atoms with Gasteiger partial charge in [0.15, 0.2) is 0 Å². The molecular weight excluding hydrogens is 286 g/mol. The second kappa shape index (κ2) is 8.34. The van der Waals surface area contributed by atoms with E-state index in [2.05, 4.69) is 45.9 Å². The predicted octanol–water partition coefficient (Wildman–Crippen LogP) is 2.79. The van der Waals surface area contributed by atoms with Crippen LogP contribution in [0.2, 0.25) is 0 Å². The quantitative estimate of drug-likeness (QED) is 0.848. The van der Waals surface area contributed by atoms with Crippen molar-refractivity contribution in [1.82, 2.24) is 15.5 Å². The van der Waals surface area contributed by atoms with Gasteiger partial charge in [0.1, 0.15) is 0 Å². The van der Waals surface area contributed by atoms with E-state index in [1.54, 1.807) is 0 Å². The Balaban J connectivity index is 1.31. The summed E-state index contributed by atoms with van der Waals surface area (Å²) in [5, 5.41) is 6.17. The van der Waals surface area contributed by atoms with Crippen LogP contribution in [0.4, 0.5) is 4.79 Å². The van der Waals surface area contributed by atoms with E-state index in [-0.39, 0.29) is 6.03 Å². The third-order valence-electron chi connectivity index (χ3n) is 5.17. The van der Waals surface area contributed by atoms with Crippen LogP contribution in [0.3, 0.4) is 0 Å². The maximum Gasteiger partial charge on any atom is 0.315 e. The molecule has 1 heterocycles. The third-order valence-corrected chi connectivity index (χ3v) is 5.17. The number of rotatable bonds is 6. The molecule has 4 nitrogen and oxygen atoms in total. The highest BCUT2D eigenvalue weighted by Gasteiger charge is 2.23. The number of nitrogens with zero attached hydrogens (tertiary/aromatic N) is 1. The van der Waals surface area contributed by atoms with Gasteiger partial charge < -0.3 is 15.5 Å². The minimum atomic E-state index is 0.0274. The number of hydrogen-bond acceptors (Lipinski definition) is 2. The average Bonchev–Trinajstić information content (AvgIpc) is 3.24. The van der Waals surface area contributed by atoms with Crippen molar-refractivity contribution in [1.29, 1.82) is 0 Å². The van der Waals surface area contributed by atoms with Crippen molar-refractivity contribution in [3.63, 3.8) is 0 Å². The van der Waals surface area contributed by atoms with Crippen LogP contribution in [0.15, 0.2) is 30.3 Å². The molecule has 1 unspecified atom stereocenters. The lowest BCUT2D eigenvalue weighted by atomic mass is 10.1. The van der Waals surface area contributed by atoms with Gasteiger partial charge in [0.05, 0.1) is 0 Å². The number of benzene rings is 1. The molecule has 1 saturated carbocycles. The zero-order chi connectivity index (χ0) is 15.9. The van der Waals surface area contributed by atoms with Crippen LogP contribution in [0.1, 0.15) is 37.7 Å². The normalized spacial score (nSPS) is 22.3. The maximum atomic E-state index is 11.9. The van der Waals surface area contributed by atoms with E-state index in [1.165, 1.54) is 24.8 Å². The standard InChI is InChI=1S/C19H29N3O/c23-19(21-18-8-4-5-9-18)20-14-17-11-13-22(15-17)12-10-16-6-2-1-3-7-16/h1-3,6-7,17-18H,4-5,8-15H2,(H2,20,21,23). The molecule has 2 amide bonds. The van der Waals surface area contributed by atoms with Gasteiger partial charge in [0.2, 0.25) is 0 Å². The first-order valence-electron chi connectivity index (χ1n) is 9.10. The monoisotopic (exact) mass is 315 g/mol. The van der Waals surface area contributed by atoms with Crippen molar-refractivity contribution in [2.24, 2.45) is 5.92 Å². The Labute approximate surface area is 139 Å². The van der Waals surface area contributed by atoms with Crippen molar-refractivity contribution in [2.45, 2.75) is 44.6 Å². The molecule has 0 bridgehead atoms. The highest BCUT2D eigenvalue weighted by molar-refractivity contribution is 5.74. The molecule has 2 fully saturated rings. The summed E-state index contributed by atoms with van der Waals surface area (Å²) in [4.78, 5) is 14.4. The summed E-state index contributed by atoms with van der Waals surface area (Å²) in [5.41, 5.74) is 1.41. The highest BCUT2D eigenvalue weighted by Crippen LogP contribution is 2.18. The largest absolute Gasteiger partial charge is 0.338 e. The first kappa shape index (κ1) is 16.3. The van der Waals surface area contributed by atoms with Gasteiger partial charge >= 0.3 is 6.03 Å². The predicted molar refractivity (Wildman–Crippen MR) is 93.5 cm³/mol. The van der Waals surface area contributed by atoms with Crippen LogP contribution in [0.5, 0.6) is 0 Å². The summed E-state index contributed by atoms with van der Waals surface area (Å²) in [6.45, 7) is 4.19. The van der Waals surface area contributed by atoms with Crippen molar-refractivity contribution < 1.29 is 4.79 Å². The van der Waals surface area contributed by atoms with Gasteiger partial charge in [-0.2, -0.15) is 0 Å². The fraction of sp³-hybridized carbons (Fsp3) is 0.632. The van der Waals surface area contributed by atoms with Crippen LogP contribution in [0, 0.1) is 5.92 Å². The fourth-order valence-corrected chi connectivity index (χ4v) is 3.76. The molecule has 0 spiro atoms. The van der Waals surface area contributed by atoms with Gasteiger partial charge in [-0.25, -0.2) is 4.79 Å². The Kier molecular flexibility index (Phi) is 5.92. The molecule has 0 radical (unpaired) electrons. The van der Waals surface area contributed by atoms with E-state index in [0.29, 0.717) is 12.0 Å². The molecule has 1 aromatic carbocycles. The molecule has 3 rings (SSSR count). The van der Waals surface area contributed by atoms with Crippen molar-refractivity contribution in [2.75, 3.05) is 26.2 Å². The van der Waals surface area contributed by atoms with Crippen LogP contribution in [-0.4, -0.2) is 43.2 Å². The first-order valence-corrected chi connectivity index (χ1v) is 9.10. The number of carbonyl (C=O) groups is 1. The van der Waals surface area contributed by atoms with Crippen molar-refractivity contribution in [3.05, 3.63) is 35.9 Å². The molecule has 0 aromatic heterocycles. The second-order valence-corrected chi connectivity index (χ2v) is 7.03. The molecular formula is C19H29N3O. The summed E-state index contributed by atoms with van der Waals surface area (Å²) in [6, 6.07) is 11.1. The Morgan fingerprint density at radius 1 is 1.13 bits per heavy atom. The number of urea groups is 1. The zero-order valence-electron chi connectivity index (χ0n) is 14.0. The number of carbonyl (C=O) groups excluding carboxylic acids is 1. The average molecular weight is 315 g/mol. The van der Waals surface area contributed by atoms with Gasteiger partial charge in [0.25, 0.3) is 0 Å². The van der Waals surface area contributed by atoms with Crippen molar-refractivity contribution in [3.8, 4) is 0 Å². The molecule has 23 heavy (non-hydrogen) atoms. The Morgan fingerprint density at radius 2 is 1.91 bits per heavy atom. The minimum Gasteiger partial charge on any atom is -0.338 e. The minimum absolute atomic E-state index is 0.0274. The van der Waals surface area contributed by atoms with Gasteiger partial charge in [0, 0.05) is 25.7 Å². The van der Waals surface area contributed by atoms with E-state index in [1.807, 2.05) is 0 Å². The SMILES string of the molecule is O=C(NCC1CCN(CCc2ccccc2)C1)NC1CCCC1. The lowest BCUT2D eigenvalue weighted by Gasteiger charge is -2.17. The highest BCUT2D eigenvalue weighted by atomic mass is 16.2.